The second kappa shape index (κ2) is 9.35. The molecular formula is C42H28N2O. The Bertz CT molecular complexity index is 2540. The Morgan fingerprint density at radius 1 is 0.600 bits per heavy atom. The Labute approximate surface area is 260 Å². The van der Waals surface area contributed by atoms with Crippen LogP contribution in [0.4, 0.5) is 11.4 Å². The van der Waals surface area contributed by atoms with Gasteiger partial charge >= 0.3 is 0 Å². The van der Waals surface area contributed by atoms with E-state index in [4.69, 9.17) is 4.42 Å². The molecule has 8 aromatic rings. The summed E-state index contributed by atoms with van der Waals surface area (Å²) in [6.07, 6.45) is 7.77. The fourth-order valence-electron chi connectivity index (χ4n) is 7.78. The van der Waals surface area contributed by atoms with Crippen LogP contribution in [-0.4, -0.2) is 10.6 Å². The number of anilines is 2. The molecule has 10 rings (SSSR count). The van der Waals surface area contributed by atoms with Crippen molar-refractivity contribution in [3.05, 3.63) is 157 Å². The molecule has 1 atom stereocenters. The number of furan rings is 1. The van der Waals surface area contributed by atoms with Gasteiger partial charge in [-0.15, -0.1) is 0 Å². The summed E-state index contributed by atoms with van der Waals surface area (Å²) in [6, 6.07) is 48.5. The van der Waals surface area contributed by atoms with Crippen molar-refractivity contribution in [2.75, 3.05) is 4.90 Å². The number of hydrogen-bond donors (Lipinski definition) is 0. The highest BCUT2D eigenvalue weighted by molar-refractivity contribution is 6.23. The van der Waals surface area contributed by atoms with Gasteiger partial charge in [-0.1, -0.05) is 103 Å². The van der Waals surface area contributed by atoms with E-state index in [1.54, 1.807) is 0 Å². The smallest absolute Gasteiger partial charge is 0.145 e. The minimum absolute atomic E-state index is 0.292. The van der Waals surface area contributed by atoms with Crippen LogP contribution in [0.15, 0.2) is 156 Å². The van der Waals surface area contributed by atoms with E-state index in [1.165, 1.54) is 44.5 Å². The number of allylic oxidation sites excluding steroid dienone is 2. The van der Waals surface area contributed by atoms with E-state index in [0.29, 0.717) is 6.04 Å². The Balaban J connectivity index is 1.18. The summed E-state index contributed by atoms with van der Waals surface area (Å²) in [5.41, 5.74) is 13.0. The molecule has 2 aromatic heterocycles. The summed E-state index contributed by atoms with van der Waals surface area (Å²) >= 11 is 0. The lowest BCUT2D eigenvalue weighted by Crippen LogP contribution is -2.27. The minimum Gasteiger partial charge on any atom is -0.455 e. The van der Waals surface area contributed by atoms with Crippen LogP contribution < -0.4 is 4.90 Å². The van der Waals surface area contributed by atoms with Crippen LogP contribution in [0.25, 0.3) is 66.1 Å². The molecule has 0 radical (unpaired) electrons. The lowest BCUT2D eigenvalue weighted by Gasteiger charge is -2.30. The third-order valence-corrected chi connectivity index (χ3v) is 9.68. The fraction of sp³-hybridized carbons (Fsp3) is 0.0476. The molecular weight excluding hydrogens is 548 g/mol. The van der Waals surface area contributed by atoms with Crippen molar-refractivity contribution in [1.82, 2.24) is 4.57 Å². The normalized spacial score (nSPS) is 15.7. The number of nitrogens with zero attached hydrogens (tertiary/aromatic N) is 2. The molecule has 0 saturated carbocycles. The molecule has 212 valence electrons. The topological polar surface area (TPSA) is 21.3 Å². The summed E-state index contributed by atoms with van der Waals surface area (Å²) in [6.45, 7) is 0. The van der Waals surface area contributed by atoms with Crippen molar-refractivity contribution in [1.29, 1.82) is 0 Å². The highest BCUT2D eigenvalue weighted by atomic mass is 16.3. The zero-order valence-corrected chi connectivity index (χ0v) is 24.5. The molecule has 0 N–H and O–H groups in total. The van der Waals surface area contributed by atoms with Gasteiger partial charge in [0.15, 0.2) is 0 Å². The SMILES string of the molecule is C1=CCC2C(=C1)c1ccccc1N2c1ccccc1-c1cccc(-n2c3ccccc3c3c4oc5ccccc5c4ccc32)c1. The predicted octanol–water partition coefficient (Wildman–Crippen LogP) is 11.2. The van der Waals surface area contributed by atoms with Gasteiger partial charge in [-0.2, -0.15) is 0 Å². The van der Waals surface area contributed by atoms with Gasteiger partial charge in [-0.3, -0.25) is 0 Å². The van der Waals surface area contributed by atoms with E-state index >= 15 is 0 Å². The van der Waals surface area contributed by atoms with Crippen LogP contribution in [0.2, 0.25) is 0 Å². The maximum absolute atomic E-state index is 6.53. The number of aromatic nitrogens is 1. The van der Waals surface area contributed by atoms with Gasteiger partial charge < -0.3 is 13.9 Å². The quantitative estimate of drug-likeness (QED) is 0.209. The summed E-state index contributed by atoms with van der Waals surface area (Å²) in [5, 5.41) is 4.66. The van der Waals surface area contributed by atoms with Crippen molar-refractivity contribution >= 4 is 60.7 Å². The molecule has 0 fully saturated rings. The van der Waals surface area contributed by atoms with Crippen LogP contribution in [0.5, 0.6) is 0 Å². The lowest BCUT2D eigenvalue weighted by molar-refractivity contribution is 0.673. The van der Waals surface area contributed by atoms with Gasteiger partial charge in [-0.25, -0.2) is 0 Å². The van der Waals surface area contributed by atoms with Gasteiger partial charge in [0, 0.05) is 44.3 Å². The van der Waals surface area contributed by atoms with Gasteiger partial charge in [-0.05, 0) is 66.1 Å². The molecule has 6 aromatic carbocycles. The van der Waals surface area contributed by atoms with Crippen LogP contribution in [0.3, 0.4) is 0 Å². The van der Waals surface area contributed by atoms with E-state index in [2.05, 4.69) is 155 Å². The molecule has 0 spiro atoms. The van der Waals surface area contributed by atoms with Crippen molar-refractivity contribution < 1.29 is 4.42 Å². The van der Waals surface area contributed by atoms with Crippen LogP contribution in [0, 0.1) is 0 Å². The van der Waals surface area contributed by atoms with Gasteiger partial charge in [0.2, 0.25) is 0 Å². The Morgan fingerprint density at radius 2 is 1.36 bits per heavy atom. The maximum Gasteiger partial charge on any atom is 0.145 e. The molecule has 3 heterocycles. The molecule has 45 heavy (non-hydrogen) atoms. The number of fused-ring (bicyclic) bond motifs is 10. The molecule has 1 unspecified atom stereocenters. The number of hydrogen-bond acceptors (Lipinski definition) is 2. The molecule has 1 aliphatic heterocycles. The highest BCUT2D eigenvalue weighted by Gasteiger charge is 2.35. The zero-order valence-electron chi connectivity index (χ0n) is 24.5. The van der Waals surface area contributed by atoms with Crippen LogP contribution >= 0.6 is 0 Å². The standard InChI is InChI=1S/C42H28N2O/c1-6-19-35(44-36-20-7-2-15-30(36)31-16-3-8-21-37(31)44)29(14-1)27-12-11-13-28(26-27)43-38-22-9-4-18-34(38)41-39(43)25-24-33-32-17-5-10-23-40(32)45-42(33)41/h1-20,22-26,37H,21H2. The van der Waals surface area contributed by atoms with E-state index in [9.17, 15) is 0 Å². The molecule has 3 nitrogen and oxygen atoms in total. The molecule has 0 saturated heterocycles. The summed E-state index contributed by atoms with van der Waals surface area (Å²) in [5.74, 6) is 0. The van der Waals surface area contributed by atoms with Crippen molar-refractivity contribution in [3.63, 3.8) is 0 Å². The zero-order chi connectivity index (χ0) is 29.5. The van der Waals surface area contributed by atoms with Crippen LogP contribution in [0.1, 0.15) is 12.0 Å². The Hall–Kier alpha value is -5.80. The third kappa shape index (κ3) is 3.46. The van der Waals surface area contributed by atoms with Gasteiger partial charge in [0.05, 0.1) is 22.5 Å². The Kier molecular flexibility index (Phi) is 5.11. The second-order valence-corrected chi connectivity index (χ2v) is 12.0. The van der Waals surface area contributed by atoms with Gasteiger partial charge in [0.1, 0.15) is 11.2 Å². The molecule has 0 amide bonds. The van der Waals surface area contributed by atoms with E-state index < -0.39 is 0 Å². The van der Waals surface area contributed by atoms with E-state index in [0.717, 1.165) is 44.9 Å². The highest BCUT2D eigenvalue weighted by Crippen LogP contribution is 2.49. The second-order valence-electron chi connectivity index (χ2n) is 12.0. The Morgan fingerprint density at radius 3 is 2.27 bits per heavy atom. The van der Waals surface area contributed by atoms with Crippen LogP contribution in [-0.2, 0) is 0 Å². The lowest BCUT2D eigenvalue weighted by atomic mass is 9.95. The van der Waals surface area contributed by atoms with E-state index in [1.807, 2.05) is 6.07 Å². The molecule has 2 aliphatic rings. The first-order chi connectivity index (χ1) is 22.3. The molecule has 1 aliphatic carbocycles. The predicted molar refractivity (Wildman–Crippen MR) is 188 cm³/mol. The van der Waals surface area contributed by atoms with Crippen molar-refractivity contribution in [3.8, 4) is 16.8 Å². The average Bonchev–Trinajstić information content (AvgIpc) is 3.76. The minimum atomic E-state index is 0.292. The first-order valence-corrected chi connectivity index (χ1v) is 15.6. The molecule has 3 heteroatoms. The van der Waals surface area contributed by atoms with Crippen molar-refractivity contribution in [2.45, 2.75) is 12.5 Å². The average molecular weight is 577 g/mol. The number of rotatable bonds is 3. The summed E-state index contributed by atoms with van der Waals surface area (Å²) in [4.78, 5) is 2.55. The summed E-state index contributed by atoms with van der Waals surface area (Å²) in [7, 11) is 0. The first kappa shape index (κ1) is 24.6. The summed E-state index contributed by atoms with van der Waals surface area (Å²) < 4.78 is 8.92. The maximum atomic E-state index is 6.53. The monoisotopic (exact) mass is 576 g/mol. The number of benzene rings is 6. The first-order valence-electron chi connectivity index (χ1n) is 15.6. The van der Waals surface area contributed by atoms with Crippen molar-refractivity contribution in [2.24, 2.45) is 0 Å². The largest absolute Gasteiger partial charge is 0.455 e. The fourth-order valence-corrected chi connectivity index (χ4v) is 7.78. The third-order valence-electron chi connectivity index (χ3n) is 9.68. The number of para-hydroxylation sites is 4. The van der Waals surface area contributed by atoms with E-state index in [-0.39, 0.29) is 0 Å². The molecule has 0 bridgehead atoms. The van der Waals surface area contributed by atoms with Gasteiger partial charge in [0.25, 0.3) is 0 Å².